The van der Waals surface area contributed by atoms with E-state index in [9.17, 15) is 13.2 Å². The highest BCUT2D eigenvalue weighted by atomic mass is 32.2. The summed E-state index contributed by atoms with van der Waals surface area (Å²) in [5, 5.41) is 0. The van der Waals surface area contributed by atoms with E-state index in [0.29, 0.717) is 13.2 Å². The zero-order valence-electron chi connectivity index (χ0n) is 10.0. The maximum absolute atomic E-state index is 12.1. The average Bonchev–Trinajstić information content (AvgIpc) is 2.31. The third-order valence-corrected chi connectivity index (χ3v) is 4.33. The topological polar surface area (TPSA) is 72.9 Å². The molecule has 0 saturated carbocycles. The number of sulfonamides is 1. The van der Waals surface area contributed by atoms with Crippen molar-refractivity contribution in [2.75, 3.05) is 32.9 Å². The number of nitrogens with zero attached hydrogens (tertiary/aromatic N) is 1. The summed E-state index contributed by atoms with van der Waals surface area (Å²) in [5.41, 5.74) is 0. The molecule has 0 N–H and O–H groups in total. The quantitative estimate of drug-likeness (QED) is 0.532. The smallest absolute Gasteiger partial charge is 0.350 e. The summed E-state index contributed by atoms with van der Waals surface area (Å²) in [7, 11) is -3.76. The van der Waals surface area contributed by atoms with Gasteiger partial charge in [0.25, 0.3) is 0 Å². The molecule has 0 radical (unpaired) electrons. The van der Waals surface area contributed by atoms with E-state index in [2.05, 4.69) is 0 Å². The average molecular weight is 263 g/mol. The first-order valence-corrected chi connectivity index (χ1v) is 6.89. The molecule has 0 aliphatic carbocycles. The van der Waals surface area contributed by atoms with Gasteiger partial charge in [-0.2, -0.15) is 4.31 Å². The molecule has 0 aromatic rings. The number of morpholine rings is 1. The van der Waals surface area contributed by atoms with Crippen molar-refractivity contribution in [2.45, 2.75) is 13.8 Å². The van der Waals surface area contributed by atoms with Crippen LogP contribution in [0.4, 0.5) is 0 Å². The van der Waals surface area contributed by atoms with Gasteiger partial charge in [0.15, 0.2) is 4.91 Å². The first-order chi connectivity index (χ1) is 8.04. The van der Waals surface area contributed by atoms with Crippen LogP contribution in [0.25, 0.3) is 0 Å². The zero-order chi connectivity index (χ0) is 12.9. The standard InChI is InChI=1S/C10H17NO5S/c1-3-9(10(12)16-4-2)17(13,14)11-5-7-15-8-6-11/h3H,4-8H2,1-2H3. The highest BCUT2D eigenvalue weighted by molar-refractivity contribution is 7.94. The van der Waals surface area contributed by atoms with E-state index in [1.54, 1.807) is 6.92 Å². The van der Waals surface area contributed by atoms with E-state index in [4.69, 9.17) is 9.47 Å². The largest absolute Gasteiger partial charge is 0.462 e. The predicted octanol–water partition coefficient (Wildman–Crippen LogP) is 0.115. The highest BCUT2D eigenvalue weighted by Crippen LogP contribution is 2.16. The molecule has 1 heterocycles. The fourth-order valence-electron chi connectivity index (χ4n) is 1.50. The molecule has 1 aliphatic heterocycles. The Morgan fingerprint density at radius 1 is 1.41 bits per heavy atom. The van der Waals surface area contributed by atoms with Crippen molar-refractivity contribution in [3.63, 3.8) is 0 Å². The lowest BCUT2D eigenvalue weighted by Crippen LogP contribution is -2.42. The summed E-state index contributed by atoms with van der Waals surface area (Å²) >= 11 is 0. The summed E-state index contributed by atoms with van der Waals surface area (Å²) in [4.78, 5) is 11.2. The highest BCUT2D eigenvalue weighted by Gasteiger charge is 2.32. The lowest BCUT2D eigenvalue weighted by Gasteiger charge is -2.26. The molecule has 17 heavy (non-hydrogen) atoms. The van der Waals surface area contributed by atoms with Crippen molar-refractivity contribution in [2.24, 2.45) is 0 Å². The number of carbonyl (C=O) groups excluding carboxylic acids is 1. The lowest BCUT2D eigenvalue weighted by atomic mass is 10.5. The van der Waals surface area contributed by atoms with E-state index in [0.717, 1.165) is 0 Å². The second-order valence-electron chi connectivity index (χ2n) is 3.39. The molecular formula is C10H17NO5S. The minimum absolute atomic E-state index is 0.148. The molecule has 7 heteroatoms. The number of hydrogen-bond donors (Lipinski definition) is 0. The van der Waals surface area contributed by atoms with Crippen LogP contribution in [0, 0.1) is 0 Å². The van der Waals surface area contributed by atoms with Crippen LogP contribution in [0.15, 0.2) is 11.0 Å². The van der Waals surface area contributed by atoms with Crippen molar-refractivity contribution in [1.82, 2.24) is 4.31 Å². The summed E-state index contributed by atoms with van der Waals surface area (Å²) in [5.74, 6) is -0.804. The van der Waals surface area contributed by atoms with Gasteiger partial charge in [-0.15, -0.1) is 0 Å². The fraction of sp³-hybridized carbons (Fsp3) is 0.700. The Labute approximate surface area is 101 Å². The van der Waals surface area contributed by atoms with Crippen LogP contribution in [0.5, 0.6) is 0 Å². The molecule has 98 valence electrons. The first-order valence-electron chi connectivity index (χ1n) is 5.45. The van der Waals surface area contributed by atoms with Gasteiger partial charge in [0, 0.05) is 13.1 Å². The minimum Gasteiger partial charge on any atom is -0.462 e. The normalized spacial score (nSPS) is 19.1. The lowest BCUT2D eigenvalue weighted by molar-refractivity contribution is -0.137. The van der Waals surface area contributed by atoms with Gasteiger partial charge in [0.05, 0.1) is 19.8 Å². The third kappa shape index (κ3) is 3.27. The molecule has 1 rings (SSSR count). The van der Waals surface area contributed by atoms with Gasteiger partial charge in [-0.3, -0.25) is 0 Å². The Morgan fingerprint density at radius 2 is 2.00 bits per heavy atom. The number of esters is 1. The van der Waals surface area contributed by atoms with Gasteiger partial charge in [0.1, 0.15) is 0 Å². The van der Waals surface area contributed by atoms with Crippen LogP contribution in [0.3, 0.4) is 0 Å². The SMILES string of the molecule is CC=C(C(=O)OCC)S(=O)(=O)N1CCOCC1. The minimum atomic E-state index is -3.76. The van der Waals surface area contributed by atoms with Crippen LogP contribution >= 0.6 is 0 Å². The molecular weight excluding hydrogens is 246 g/mol. The Bertz CT molecular complexity index is 395. The summed E-state index contributed by atoms with van der Waals surface area (Å²) < 4.78 is 35.3. The van der Waals surface area contributed by atoms with E-state index >= 15 is 0 Å². The molecule has 1 fully saturated rings. The zero-order valence-corrected chi connectivity index (χ0v) is 10.8. The second kappa shape index (κ2) is 6.13. The van der Waals surface area contributed by atoms with Gasteiger partial charge < -0.3 is 9.47 Å². The fourth-order valence-corrected chi connectivity index (χ4v) is 2.98. The number of hydrogen-bond acceptors (Lipinski definition) is 5. The van der Waals surface area contributed by atoms with Crippen LogP contribution in [-0.4, -0.2) is 51.6 Å². The molecule has 0 aromatic carbocycles. The number of allylic oxidation sites excluding steroid dienone is 1. The van der Waals surface area contributed by atoms with Crippen molar-refractivity contribution < 1.29 is 22.7 Å². The first kappa shape index (κ1) is 14.1. The molecule has 0 atom stereocenters. The van der Waals surface area contributed by atoms with Crippen molar-refractivity contribution in [1.29, 1.82) is 0 Å². The van der Waals surface area contributed by atoms with Gasteiger partial charge in [-0.1, -0.05) is 6.08 Å². The van der Waals surface area contributed by atoms with Crippen molar-refractivity contribution in [3.8, 4) is 0 Å². The van der Waals surface area contributed by atoms with Crippen LogP contribution in [-0.2, 0) is 24.3 Å². The molecule has 0 bridgehead atoms. The van der Waals surface area contributed by atoms with E-state index in [-0.39, 0.29) is 24.6 Å². The van der Waals surface area contributed by atoms with Crippen molar-refractivity contribution in [3.05, 3.63) is 11.0 Å². The summed E-state index contributed by atoms with van der Waals surface area (Å²) in [6.45, 7) is 4.50. The van der Waals surface area contributed by atoms with E-state index in [1.165, 1.54) is 17.3 Å². The Kier molecular flexibility index (Phi) is 5.10. The molecule has 0 aromatic heterocycles. The van der Waals surface area contributed by atoms with E-state index < -0.39 is 16.0 Å². The molecule has 0 amide bonds. The summed E-state index contributed by atoms with van der Waals surface area (Å²) in [6.07, 6.45) is 1.27. The molecule has 0 spiro atoms. The van der Waals surface area contributed by atoms with Gasteiger partial charge in [0.2, 0.25) is 10.0 Å². The molecule has 0 unspecified atom stereocenters. The molecule has 1 saturated heterocycles. The van der Waals surface area contributed by atoms with Gasteiger partial charge in [-0.25, -0.2) is 13.2 Å². The predicted molar refractivity (Wildman–Crippen MR) is 61.7 cm³/mol. The Morgan fingerprint density at radius 3 is 2.47 bits per heavy atom. The maximum atomic E-state index is 12.1. The Balaban J connectivity index is 2.90. The van der Waals surface area contributed by atoms with Gasteiger partial charge >= 0.3 is 5.97 Å². The Hall–Kier alpha value is -0.920. The monoisotopic (exact) mass is 263 g/mol. The number of ether oxygens (including phenoxy) is 2. The number of carbonyl (C=O) groups is 1. The van der Waals surface area contributed by atoms with Crippen LogP contribution in [0.2, 0.25) is 0 Å². The van der Waals surface area contributed by atoms with Crippen LogP contribution in [0.1, 0.15) is 13.8 Å². The molecule has 1 aliphatic rings. The van der Waals surface area contributed by atoms with Crippen molar-refractivity contribution >= 4 is 16.0 Å². The summed E-state index contributed by atoms with van der Waals surface area (Å²) in [6, 6.07) is 0. The second-order valence-corrected chi connectivity index (χ2v) is 5.30. The molecule has 6 nitrogen and oxygen atoms in total. The van der Waals surface area contributed by atoms with Crippen LogP contribution < -0.4 is 0 Å². The maximum Gasteiger partial charge on any atom is 0.350 e. The third-order valence-electron chi connectivity index (χ3n) is 2.33. The van der Waals surface area contributed by atoms with E-state index in [1.807, 2.05) is 0 Å². The number of rotatable bonds is 4. The van der Waals surface area contributed by atoms with Gasteiger partial charge in [-0.05, 0) is 13.8 Å².